The van der Waals surface area contributed by atoms with Crippen LogP contribution in [0.5, 0.6) is 0 Å². The Morgan fingerprint density at radius 1 is 1.62 bits per heavy atom. The number of carbonyl (C=O) groups excluding carboxylic acids is 1. The molecule has 0 N–H and O–H groups in total. The third kappa shape index (κ3) is 2.33. The summed E-state index contributed by atoms with van der Waals surface area (Å²) in [6, 6.07) is 5.15. The van der Waals surface area contributed by atoms with Crippen molar-refractivity contribution in [2.75, 3.05) is 19.8 Å². The summed E-state index contributed by atoms with van der Waals surface area (Å²) < 4.78 is 5.28. The van der Waals surface area contributed by atoms with Gasteiger partial charge in [0.25, 0.3) is 5.91 Å². The lowest BCUT2D eigenvalue weighted by Gasteiger charge is -2.33. The summed E-state index contributed by atoms with van der Waals surface area (Å²) in [7, 11) is 0. The Morgan fingerprint density at radius 2 is 2.44 bits per heavy atom. The predicted molar refractivity (Wildman–Crippen MR) is 60.6 cm³/mol. The molecule has 86 valence electrons. The maximum Gasteiger partial charge on any atom is 0.272 e. The minimum absolute atomic E-state index is 0.0849. The zero-order chi connectivity index (χ0) is 11.5. The van der Waals surface area contributed by atoms with Crippen molar-refractivity contribution < 1.29 is 9.53 Å². The van der Waals surface area contributed by atoms with Gasteiger partial charge in [-0.3, -0.25) is 4.79 Å². The average Bonchev–Trinajstić information content (AvgIpc) is 2.29. The lowest BCUT2D eigenvalue weighted by Crippen LogP contribution is -2.47. The second kappa shape index (κ2) is 4.80. The molecule has 0 spiro atoms. The summed E-state index contributed by atoms with van der Waals surface area (Å²) >= 11 is 5.76. The Balaban J connectivity index is 2.17. The largest absolute Gasteiger partial charge is 0.377 e. The van der Waals surface area contributed by atoms with Gasteiger partial charge in [0.05, 0.1) is 19.3 Å². The van der Waals surface area contributed by atoms with E-state index >= 15 is 0 Å². The highest BCUT2D eigenvalue weighted by molar-refractivity contribution is 6.29. The number of nitrogens with zero attached hydrogens (tertiary/aromatic N) is 2. The zero-order valence-electron chi connectivity index (χ0n) is 9.02. The fourth-order valence-corrected chi connectivity index (χ4v) is 1.87. The Kier molecular flexibility index (Phi) is 3.41. The van der Waals surface area contributed by atoms with Crippen LogP contribution in [0.2, 0.25) is 5.15 Å². The van der Waals surface area contributed by atoms with Gasteiger partial charge in [0, 0.05) is 6.54 Å². The molecule has 1 atom stereocenters. The number of hydrogen-bond donors (Lipinski definition) is 0. The van der Waals surface area contributed by atoms with Crippen LogP contribution in [0.3, 0.4) is 0 Å². The summed E-state index contributed by atoms with van der Waals surface area (Å²) in [4.78, 5) is 17.9. The first-order valence-electron chi connectivity index (χ1n) is 5.20. The highest BCUT2D eigenvalue weighted by Crippen LogP contribution is 2.12. The first kappa shape index (κ1) is 11.4. The minimum Gasteiger partial charge on any atom is -0.377 e. The Hall–Kier alpha value is -1.13. The van der Waals surface area contributed by atoms with Gasteiger partial charge in [0.2, 0.25) is 0 Å². The van der Waals surface area contributed by atoms with E-state index in [9.17, 15) is 4.79 Å². The maximum atomic E-state index is 12.1. The van der Waals surface area contributed by atoms with Crippen molar-refractivity contribution in [3.05, 3.63) is 29.0 Å². The number of carbonyl (C=O) groups is 1. The van der Waals surface area contributed by atoms with E-state index < -0.39 is 0 Å². The molecule has 0 aromatic carbocycles. The smallest absolute Gasteiger partial charge is 0.272 e. The maximum absolute atomic E-state index is 12.1. The number of amides is 1. The number of ether oxygens (including phenoxy) is 1. The molecule has 0 radical (unpaired) electrons. The highest BCUT2D eigenvalue weighted by atomic mass is 35.5. The van der Waals surface area contributed by atoms with Crippen molar-refractivity contribution in [1.29, 1.82) is 0 Å². The van der Waals surface area contributed by atoms with Gasteiger partial charge in [0.1, 0.15) is 10.8 Å². The van der Waals surface area contributed by atoms with Crippen molar-refractivity contribution in [1.82, 2.24) is 9.88 Å². The van der Waals surface area contributed by atoms with E-state index in [4.69, 9.17) is 16.3 Å². The van der Waals surface area contributed by atoms with Gasteiger partial charge in [-0.25, -0.2) is 4.98 Å². The minimum atomic E-state index is -0.0849. The topological polar surface area (TPSA) is 42.4 Å². The first-order chi connectivity index (χ1) is 7.68. The number of hydrogen-bond acceptors (Lipinski definition) is 3. The van der Waals surface area contributed by atoms with Crippen LogP contribution >= 0.6 is 11.6 Å². The van der Waals surface area contributed by atoms with E-state index in [1.54, 1.807) is 23.1 Å². The fourth-order valence-electron chi connectivity index (χ4n) is 1.70. The lowest BCUT2D eigenvalue weighted by molar-refractivity contribution is 0.00327. The molecular formula is C11H13ClN2O2. The van der Waals surface area contributed by atoms with Crippen molar-refractivity contribution in [3.63, 3.8) is 0 Å². The van der Waals surface area contributed by atoms with Gasteiger partial charge in [-0.2, -0.15) is 0 Å². The highest BCUT2D eigenvalue weighted by Gasteiger charge is 2.25. The molecule has 1 amide bonds. The molecule has 1 aromatic rings. The Morgan fingerprint density at radius 3 is 3.12 bits per heavy atom. The standard InChI is InChI=1S/C11H13ClN2O2/c1-8-7-16-6-5-14(8)11(15)9-3-2-4-10(12)13-9/h2-4,8H,5-7H2,1H3/t8-/m1/s1. The summed E-state index contributed by atoms with van der Waals surface area (Å²) in [5.74, 6) is -0.0849. The van der Waals surface area contributed by atoms with Crippen LogP contribution in [0.4, 0.5) is 0 Å². The molecule has 2 rings (SSSR count). The van der Waals surface area contributed by atoms with E-state index in [0.29, 0.717) is 30.6 Å². The second-order valence-corrected chi connectivity index (χ2v) is 4.16. The molecule has 1 fully saturated rings. The zero-order valence-corrected chi connectivity index (χ0v) is 9.78. The van der Waals surface area contributed by atoms with Crippen LogP contribution in [-0.2, 0) is 4.74 Å². The van der Waals surface area contributed by atoms with Crippen LogP contribution in [0, 0.1) is 0 Å². The van der Waals surface area contributed by atoms with Gasteiger partial charge < -0.3 is 9.64 Å². The molecule has 0 aliphatic carbocycles. The lowest BCUT2D eigenvalue weighted by atomic mass is 10.2. The van der Waals surface area contributed by atoms with E-state index in [2.05, 4.69) is 4.98 Å². The van der Waals surface area contributed by atoms with Crippen LogP contribution in [0.25, 0.3) is 0 Å². The van der Waals surface area contributed by atoms with Crippen LogP contribution in [-0.4, -0.2) is 41.6 Å². The number of aromatic nitrogens is 1. The van der Waals surface area contributed by atoms with Gasteiger partial charge >= 0.3 is 0 Å². The van der Waals surface area contributed by atoms with Crippen LogP contribution in [0.1, 0.15) is 17.4 Å². The van der Waals surface area contributed by atoms with Crippen LogP contribution in [0.15, 0.2) is 18.2 Å². The molecular weight excluding hydrogens is 228 g/mol. The van der Waals surface area contributed by atoms with E-state index in [-0.39, 0.29) is 11.9 Å². The number of morpholine rings is 1. The molecule has 1 saturated heterocycles. The molecule has 0 unspecified atom stereocenters. The SMILES string of the molecule is C[C@@H]1COCCN1C(=O)c1cccc(Cl)n1. The molecule has 16 heavy (non-hydrogen) atoms. The van der Waals surface area contributed by atoms with Gasteiger partial charge in [-0.05, 0) is 19.1 Å². The molecule has 0 bridgehead atoms. The molecule has 1 aliphatic rings. The van der Waals surface area contributed by atoms with E-state index in [0.717, 1.165) is 0 Å². The number of rotatable bonds is 1. The Bertz CT molecular complexity index is 397. The Labute approximate surface area is 99.2 Å². The number of halogens is 1. The predicted octanol–water partition coefficient (Wildman–Crippen LogP) is 1.60. The summed E-state index contributed by atoms with van der Waals surface area (Å²) in [5.41, 5.74) is 0.390. The van der Waals surface area contributed by atoms with Crippen molar-refractivity contribution in [3.8, 4) is 0 Å². The second-order valence-electron chi connectivity index (χ2n) is 3.77. The average molecular weight is 241 g/mol. The fraction of sp³-hybridized carbons (Fsp3) is 0.455. The van der Waals surface area contributed by atoms with Gasteiger partial charge in [-0.15, -0.1) is 0 Å². The van der Waals surface area contributed by atoms with Crippen molar-refractivity contribution >= 4 is 17.5 Å². The molecule has 1 aromatic heterocycles. The molecule has 0 saturated carbocycles. The molecule has 5 heteroatoms. The van der Waals surface area contributed by atoms with Crippen LogP contribution < -0.4 is 0 Å². The molecule has 4 nitrogen and oxygen atoms in total. The first-order valence-corrected chi connectivity index (χ1v) is 5.57. The van der Waals surface area contributed by atoms with E-state index in [1.807, 2.05) is 6.92 Å². The van der Waals surface area contributed by atoms with Crippen molar-refractivity contribution in [2.24, 2.45) is 0 Å². The summed E-state index contributed by atoms with van der Waals surface area (Å²) in [5, 5.41) is 0.340. The quantitative estimate of drug-likeness (QED) is 0.701. The van der Waals surface area contributed by atoms with E-state index in [1.165, 1.54) is 0 Å². The summed E-state index contributed by atoms with van der Waals surface area (Å²) in [6.45, 7) is 3.72. The van der Waals surface area contributed by atoms with Gasteiger partial charge in [-0.1, -0.05) is 17.7 Å². The monoisotopic (exact) mass is 240 g/mol. The normalized spacial score (nSPS) is 20.9. The summed E-state index contributed by atoms with van der Waals surface area (Å²) in [6.07, 6.45) is 0. The molecule has 1 aliphatic heterocycles. The molecule has 2 heterocycles. The third-order valence-corrected chi connectivity index (χ3v) is 2.77. The number of pyridine rings is 1. The van der Waals surface area contributed by atoms with Gasteiger partial charge in [0.15, 0.2) is 0 Å². The van der Waals surface area contributed by atoms with Crippen molar-refractivity contribution in [2.45, 2.75) is 13.0 Å². The third-order valence-electron chi connectivity index (χ3n) is 2.56.